The first-order valence-corrected chi connectivity index (χ1v) is 5.76. The van der Waals surface area contributed by atoms with E-state index < -0.39 is 4.92 Å². The third kappa shape index (κ3) is 2.78. The predicted octanol–water partition coefficient (Wildman–Crippen LogP) is 3.62. The lowest BCUT2D eigenvalue weighted by atomic mass is 10.2. The number of phenolic OH excluding ortho intramolecular Hbond substituents is 1. The quantitative estimate of drug-likeness (QED) is 0.533. The number of aromatic hydroxyl groups is 1. The molecule has 5 nitrogen and oxygen atoms in total. The molecule has 18 heavy (non-hydrogen) atoms. The van der Waals surface area contributed by atoms with Gasteiger partial charge in [0.1, 0.15) is 17.3 Å². The molecule has 0 saturated heterocycles. The average Bonchev–Trinajstić information content (AvgIpc) is 2.78. The number of nitro groups is 1. The van der Waals surface area contributed by atoms with Crippen LogP contribution >= 0.6 is 15.9 Å². The minimum absolute atomic E-state index is 0.168. The Kier molecular flexibility index (Phi) is 3.47. The molecule has 0 unspecified atom stereocenters. The molecule has 2 aromatic rings. The van der Waals surface area contributed by atoms with Gasteiger partial charge in [0, 0.05) is 21.5 Å². The molecule has 0 aliphatic carbocycles. The van der Waals surface area contributed by atoms with Gasteiger partial charge in [-0.1, -0.05) is 0 Å². The van der Waals surface area contributed by atoms with Gasteiger partial charge < -0.3 is 9.52 Å². The number of furan rings is 1. The van der Waals surface area contributed by atoms with Crippen LogP contribution in [0.25, 0.3) is 17.4 Å². The lowest BCUT2D eigenvalue weighted by molar-refractivity contribution is -0.407. The smallest absolute Gasteiger partial charge is 0.314 e. The fourth-order valence-electron chi connectivity index (χ4n) is 1.38. The molecule has 0 aliphatic heterocycles. The fourth-order valence-corrected chi connectivity index (χ4v) is 1.61. The summed E-state index contributed by atoms with van der Waals surface area (Å²) in [7, 11) is 0. The van der Waals surface area contributed by atoms with Gasteiger partial charge in [-0.15, -0.1) is 0 Å². The van der Waals surface area contributed by atoms with Crippen molar-refractivity contribution in [3.05, 3.63) is 56.9 Å². The van der Waals surface area contributed by atoms with Crippen molar-refractivity contribution in [1.29, 1.82) is 0 Å². The van der Waals surface area contributed by atoms with Gasteiger partial charge in [-0.3, -0.25) is 10.1 Å². The number of nitrogens with zero attached hydrogens (tertiary/aromatic N) is 1. The molecule has 1 N–H and O–H groups in total. The van der Waals surface area contributed by atoms with Crippen LogP contribution in [0.5, 0.6) is 5.75 Å². The first-order valence-electron chi connectivity index (χ1n) is 4.97. The highest BCUT2D eigenvalue weighted by Crippen LogP contribution is 2.25. The second-order valence-corrected chi connectivity index (χ2v) is 4.29. The lowest BCUT2D eigenvalue weighted by Crippen LogP contribution is -1.89. The maximum absolute atomic E-state index is 10.4. The summed E-state index contributed by atoms with van der Waals surface area (Å²) >= 11 is 2.82. The maximum Gasteiger partial charge on any atom is 0.314 e. The fraction of sp³-hybridized carbons (Fsp3) is 0. The predicted molar refractivity (Wildman–Crippen MR) is 69.7 cm³/mol. The molecule has 0 aliphatic rings. The van der Waals surface area contributed by atoms with Gasteiger partial charge in [0.25, 0.3) is 0 Å². The molecular weight excluding hydrogens is 302 g/mol. The highest BCUT2D eigenvalue weighted by atomic mass is 79.9. The van der Waals surface area contributed by atoms with E-state index in [1.54, 1.807) is 36.4 Å². The van der Waals surface area contributed by atoms with Crippen LogP contribution in [0.3, 0.4) is 0 Å². The zero-order chi connectivity index (χ0) is 13.1. The van der Waals surface area contributed by atoms with E-state index in [4.69, 9.17) is 9.52 Å². The molecule has 92 valence electrons. The lowest BCUT2D eigenvalue weighted by Gasteiger charge is -1.96. The summed E-state index contributed by atoms with van der Waals surface area (Å²) in [6.07, 6.45) is 1.28. The standard InChI is InChI=1S/C12H8BrNO4/c13-12(14(16)17)7-10-5-6-11(18-10)8-1-3-9(15)4-2-8/h1-7,15H. The van der Waals surface area contributed by atoms with Crippen LogP contribution in [0.15, 0.2) is 45.4 Å². The van der Waals surface area contributed by atoms with E-state index in [-0.39, 0.29) is 10.4 Å². The van der Waals surface area contributed by atoms with Gasteiger partial charge in [-0.25, -0.2) is 0 Å². The van der Waals surface area contributed by atoms with Crippen LogP contribution in [0.4, 0.5) is 0 Å². The van der Waals surface area contributed by atoms with Crippen molar-refractivity contribution in [1.82, 2.24) is 0 Å². The highest BCUT2D eigenvalue weighted by molar-refractivity contribution is 9.11. The van der Waals surface area contributed by atoms with Gasteiger partial charge in [0.15, 0.2) is 0 Å². The topological polar surface area (TPSA) is 76.5 Å². The van der Waals surface area contributed by atoms with Crippen molar-refractivity contribution in [2.75, 3.05) is 0 Å². The summed E-state index contributed by atoms with van der Waals surface area (Å²) in [5.41, 5.74) is 0.782. The Morgan fingerprint density at radius 2 is 1.94 bits per heavy atom. The molecule has 0 radical (unpaired) electrons. The first kappa shape index (κ1) is 12.4. The molecule has 1 heterocycles. The Morgan fingerprint density at radius 1 is 1.28 bits per heavy atom. The number of hydrogen-bond acceptors (Lipinski definition) is 4. The number of benzene rings is 1. The molecular formula is C12H8BrNO4. The van der Waals surface area contributed by atoms with Gasteiger partial charge in [0.05, 0.1) is 11.0 Å². The third-order valence-electron chi connectivity index (χ3n) is 2.21. The number of rotatable bonds is 3. The normalized spacial score (nSPS) is 11.5. The molecule has 0 fully saturated rings. The molecule has 0 atom stereocenters. The van der Waals surface area contributed by atoms with Crippen LogP contribution < -0.4 is 0 Å². The van der Waals surface area contributed by atoms with E-state index in [9.17, 15) is 10.1 Å². The van der Waals surface area contributed by atoms with Crippen molar-refractivity contribution in [2.45, 2.75) is 0 Å². The summed E-state index contributed by atoms with van der Waals surface area (Å²) in [5.74, 6) is 1.12. The Bertz CT molecular complexity index is 601. The van der Waals surface area contributed by atoms with Crippen molar-refractivity contribution >= 4 is 22.0 Å². The number of hydrogen-bond donors (Lipinski definition) is 1. The maximum atomic E-state index is 10.4. The summed E-state index contributed by atoms with van der Waals surface area (Å²) in [4.78, 5) is 9.89. The molecule has 0 saturated carbocycles. The van der Waals surface area contributed by atoms with Gasteiger partial charge in [0.2, 0.25) is 0 Å². The molecule has 0 amide bonds. The van der Waals surface area contributed by atoms with E-state index in [1.165, 1.54) is 6.08 Å². The van der Waals surface area contributed by atoms with Crippen molar-refractivity contribution in [3.8, 4) is 17.1 Å². The molecule has 0 bridgehead atoms. The Labute approximate surface area is 111 Å². The van der Waals surface area contributed by atoms with E-state index in [0.29, 0.717) is 11.5 Å². The van der Waals surface area contributed by atoms with Gasteiger partial charge in [-0.2, -0.15) is 0 Å². The van der Waals surface area contributed by atoms with Gasteiger partial charge in [-0.05, 0) is 36.4 Å². The minimum Gasteiger partial charge on any atom is -0.508 e. The van der Waals surface area contributed by atoms with E-state index in [0.717, 1.165) is 5.56 Å². The molecule has 0 spiro atoms. The van der Waals surface area contributed by atoms with Gasteiger partial charge >= 0.3 is 4.61 Å². The zero-order valence-electron chi connectivity index (χ0n) is 9.04. The second-order valence-electron chi connectivity index (χ2n) is 3.47. The SMILES string of the molecule is O=[N+]([O-])C(Br)=Cc1ccc(-c2ccc(O)cc2)o1. The first-order chi connectivity index (χ1) is 8.56. The van der Waals surface area contributed by atoms with Crippen molar-refractivity contribution in [2.24, 2.45) is 0 Å². The largest absolute Gasteiger partial charge is 0.508 e. The molecule has 1 aromatic heterocycles. The summed E-state index contributed by atoms with van der Waals surface area (Å²) in [6, 6.07) is 9.82. The Morgan fingerprint density at radius 3 is 2.56 bits per heavy atom. The van der Waals surface area contributed by atoms with Crippen LogP contribution in [-0.2, 0) is 0 Å². The second kappa shape index (κ2) is 5.05. The minimum atomic E-state index is -0.553. The average molecular weight is 310 g/mol. The summed E-state index contributed by atoms with van der Waals surface area (Å²) in [5, 5.41) is 19.6. The van der Waals surface area contributed by atoms with Crippen molar-refractivity contribution in [3.63, 3.8) is 0 Å². The zero-order valence-corrected chi connectivity index (χ0v) is 10.6. The Hall–Kier alpha value is -2.08. The van der Waals surface area contributed by atoms with Crippen LogP contribution in [0.2, 0.25) is 0 Å². The van der Waals surface area contributed by atoms with E-state index >= 15 is 0 Å². The van der Waals surface area contributed by atoms with Crippen molar-refractivity contribution < 1.29 is 14.4 Å². The highest BCUT2D eigenvalue weighted by Gasteiger charge is 2.08. The van der Waals surface area contributed by atoms with Crippen LogP contribution in [0, 0.1) is 10.1 Å². The monoisotopic (exact) mass is 309 g/mol. The Balaban J connectivity index is 2.28. The molecule has 6 heteroatoms. The van der Waals surface area contributed by atoms with E-state index in [2.05, 4.69) is 15.9 Å². The number of halogens is 1. The molecule has 2 rings (SSSR count). The molecule has 1 aromatic carbocycles. The number of phenols is 1. The summed E-state index contributed by atoms with van der Waals surface area (Å²) < 4.78 is 5.27. The van der Waals surface area contributed by atoms with E-state index in [1.807, 2.05) is 0 Å². The third-order valence-corrected chi connectivity index (χ3v) is 2.73. The van der Waals surface area contributed by atoms with Crippen LogP contribution in [-0.4, -0.2) is 10.0 Å². The summed E-state index contributed by atoms with van der Waals surface area (Å²) in [6.45, 7) is 0. The van der Waals surface area contributed by atoms with Crippen LogP contribution in [0.1, 0.15) is 5.76 Å².